The minimum Gasteiger partial charge on any atom is -0.507 e. The lowest BCUT2D eigenvalue weighted by atomic mass is 10.1. The maximum atomic E-state index is 12.0. The molecule has 2 aromatic carbocycles. The molecule has 0 spiro atoms. The van der Waals surface area contributed by atoms with E-state index >= 15 is 0 Å². The minimum absolute atomic E-state index is 0.0932. The number of anilines is 1. The number of benzene rings is 2. The van der Waals surface area contributed by atoms with Crippen LogP contribution >= 0.6 is 11.6 Å². The highest BCUT2D eigenvalue weighted by molar-refractivity contribution is 6.31. The maximum Gasteiger partial charge on any atom is 0.259 e. The Morgan fingerprint density at radius 3 is 2.53 bits per heavy atom. The Labute approximate surface area is 115 Å². The minimum atomic E-state index is -0.518. The van der Waals surface area contributed by atoms with Crippen molar-refractivity contribution in [1.82, 2.24) is 0 Å². The summed E-state index contributed by atoms with van der Waals surface area (Å²) in [6.45, 7) is 1.81. The smallest absolute Gasteiger partial charge is 0.259 e. The molecule has 0 aliphatic carbocycles. The van der Waals surface area contributed by atoms with E-state index < -0.39 is 5.91 Å². The van der Waals surface area contributed by atoms with Crippen LogP contribution in [0.25, 0.3) is 0 Å². The third kappa shape index (κ3) is 2.98. The fraction of sp³-hybridized carbons (Fsp3) is 0.0714. The molecule has 0 bridgehead atoms. The molecule has 0 radical (unpaired) electrons. The molecule has 1 amide bonds. The van der Waals surface area contributed by atoms with Gasteiger partial charge in [-0.25, -0.2) is 0 Å². The first kappa shape index (κ1) is 13.2. The molecule has 0 saturated heterocycles. The van der Waals surface area contributed by atoms with Gasteiger partial charge in [0.2, 0.25) is 0 Å². The van der Waals surface area contributed by atoms with Crippen molar-refractivity contribution in [1.29, 1.82) is 0 Å². The first-order valence-corrected chi connectivity index (χ1v) is 5.94. The van der Waals surface area contributed by atoms with Crippen molar-refractivity contribution in [3.05, 3.63) is 52.5 Å². The van der Waals surface area contributed by atoms with Crippen LogP contribution in [0.15, 0.2) is 36.4 Å². The monoisotopic (exact) mass is 277 g/mol. The van der Waals surface area contributed by atoms with Gasteiger partial charge in [0.1, 0.15) is 11.5 Å². The molecule has 2 rings (SSSR count). The number of aryl methyl sites for hydroxylation is 1. The number of phenolic OH excluding ortho intramolecular Hbond substituents is 2. The maximum absolute atomic E-state index is 12.0. The second-order valence-corrected chi connectivity index (χ2v) is 4.57. The van der Waals surface area contributed by atoms with Gasteiger partial charge in [-0.15, -0.1) is 0 Å². The van der Waals surface area contributed by atoms with Crippen LogP contribution in [0.1, 0.15) is 15.9 Å². The zero-order chi connectivity index (χ0) is 14.0. The van der Waals surface area contributed by atoms with Gasteiger partial charge in [0, 0.05) is 5.02 Å². The van der Waals surface area contributed by atoms with Crippen molar-refractivity contribution in [3.63, 3.8) is 0 Å². The number of amides is 1. The molecule has 0 fully saturated rings. The van der Waals surface area contributed by atoms with Crippen molar-refractivity contribution in [3.8, 4) is 11.5 Å². The van der Waals surface area contributed by atoms with Crippen LogP contribution in [0, 0.1) is 6.92 Å². The number of hydrogen-bond acceptors (Lipinski definition) is 3. The Hall–Kier alpha value is -2.20. The number of halogens is 1. The fourth-order valence-corrected chi connectivity index (χ4v) is 1.80. The van der Waals surface area contributed by atoms with Crippen LogP contribution in [0.3, 0.4) is 0 Å². The third-order valence-corrected chi connectivity index (χ3v) is 2.84. The summed E-state index contributed by atoms with van der Waals surface area (Å²) in [5, 5.41) is 22.2. The largest absolute Gasteiger partial charge is 0.507 e. The van der Waals surface area contributed by atoms with Gasteiger partial charge in [0.15, 0.2) is 0 Å². The summed E-state index contributed by atoms with van der Waals surface area (Å²) in [7, 11) is 0. The van der Waals surface area contributed by atoms with E-state index in [1.165, 1.54) is 30.3 Å². The Balaban J connectivity index is 2.28. The molecule has 0 aromatic heterocycles. The average molecular weight is 278 g/mol. The molecule has 4 nitrogen and oxygen atoms in total. The second-order valence-electron chi connectivity index (χ2n) is 4.14. The van der Waals surface area contributed by atoms with Gasteiger partial charge in [-0.1, -0.05) is 17.7 Å². The van der Waals surface area contributed by atoms with E-state index in [4.69, 9.17) is 11.6 Å². The highest BCUT2D eigenvalue weighted by atomic mass is 35.5. The zero-order valence-corrected chi connectivity index (χ0v) is 10.9. The summed E-state index contributed by atoms with van der Waals surface area (Å²) in [6.07, 6.45) is 0. The van der Waals surface area contributed by atoms with E-state index in [1.807, 2.05) is 6.92 Å². The van der Waals surface area contributed by atoms with Gasteiger partial charge in [0.25, 0.3) is 5.91 Å². The van der Waals surface area contributed by atoms with Gasteiger partial charge in [-0.3, -0.25) is 4.79 Å². The Morgan fingerprint density at radius 1 is 1.11 bits per heavy atom. The molecule has 2 aromatic rings. The lowest BCUT2D eigenvalue weighted by Gasteiger charge is -2.09. The molecule has 0 unspecified atom stereocenters. The van der Waals surface area contributed by atoms with E-state index in [0.717, 1.165) is 5.56 Å². The molecular weight excluding hydrogens is 266 g/mol. The number of carbonyl (C=O) groups is 1. The van der Waals surface area contributed by atoms with E-state index in [1.54, 1.807) is 6.07 Å². The highest BCUT2D eigenvalue weighted by Crippen LogP contribution is 2.28. The topological polar surface area (TPSA) is 69.6 Å². The second kappa shape index (κ2) is 5.20. The lowest BCUT2D eigenvalue weighted by Crippen LogP contribution is -2.12. The average Bonchev–Trinajstić information content (AvgIpc) is 2.33. The van der Waals surface area contributed by atoms with Gasteiger partial charge in [-0.05, 0) is 42.8 Å². The van der Waals surface area contributed by atoms with E-state index in [0.29, 0.717) is 5.02 Å². The molecule has 0 aliphatic rings. The van der Waals surface area contributed by atoms with E-state index in [-0.39, 0.29) is 22.7 Å². The molecular formula is C14H12ClNO3. The molecule has 0 saturated carbocycles. The van der Waals surface area contributed by atoms with Crippen LogP contribution in [0.2, 0.25) is 5.02 Å². The van der Waals surface area contributed by atoms with Crippen LogP contribution < -0.4 is 5.32 Å². The van der Waals surface area contributed by atoms with Crippen LogP contribution in [-0.2, 0) is 0 Å². The number of nitrogens with one attached hydrogen (secondary N) is 1. The molecule has 5 heteroatoms. The molecule has 19 heavy (non-hydrogen) atoms. The first-order chi connectivity index (χ1) is 8.97. The molecule has 3 N–H and O–H groups in total. The normalized spacial score (nSPS) is 10.2. The summed E-state index contributed by atoms with van der Waals surface area (Å²) < 4.78 is 0. The lowest BCUT2D eigenvalue weighted by molar-refractivity contribution is 0.102. The van der Waals surface area contributed by atoms with Crippen molar-refractivity contribution < 1.29 is 15.0 Å². The number of aromatic hydroxyl groups is 2. The number of phenols is 2. The number of rotatable bonds is 2. The Bertz CT molecular complexity index is 641. The van der Waals surface area contributed by atoms with E-state index in [9.17, 15) is 15.0 Å². The van der Waals surface area contributed by atoms with Crippen LogP contribution in [0.5, 0.6) is 11.5 Å². The third-order valence-electron chi connectivity index (χ3n) is 2.60. The first-order valence-electron chi connectivity index (χ1n) is 5.57. The van der Waals surface area contributed by atoms with Gasteiger partial charge < -0.3 is 15.5 Å². The molecule has 0 aliphatic heterocycles. The fourth-order valence-electron chi connectivity index (χ4n) is 1.63. The van der Waals surface area contributed by atoms with E-state index in [2.05, 4.69) is 5.32 Å². The zero-order valence-electron chi connectivity index (χ0n) is 10.1. The number of carbonyl (C=O) groups excluding carboxylic acids is 1. The van der Waals surface area contributed by atoms with Gasteiger partial charge in [0.05, 0.1) is 11.3 Å². The SMILES string of the molecule is Cc1ccc(C(=O)Nc2cc(Cl)ccc2O)c(O)c1. The summed E-state index contributed by atoms with van der Waals surface area (Å²) in [4.78, 5) is 12.0. The van der Waals surface area contributed by atoms with Crippen molar-refractivity contribution in [2.24, 2.45) is 0 Å². The van der Waals surface area contributed by atoms with Crippen molar-refractivity contribution >= 4 is 23.2 Å². The predicted molar refractivity (Wildman–Crippen MR) is 73.9 cm³/mol. The molecule has 0 heterocycles. The summed E-state index contributed by atoms with van der Waals surface area (Å²) in [6, 6.07) is 9.05. The van der Waals surface area contributed by atoms with Crippen molar-refractivity contribution in [2.45, 2.75) is 6.92 Å². The summed E-state index contributed by atoms with van der Waals surface area (Å²) >= 11 is 5.79. The summed E-state index contributed by atoms with van der Waals surface area (Å²) in [5.74, 6) is -0.724. The standard InChI is InChI=1S/C14H12ClNO3/c1-8-2-4-10(13(18)6-8)14(19)16-11-7-9(15)3-5-12(11)17/h2-7,17-18H,1H3,(H,16,19). The Kier molecular flexibility index (Phi) is 3.62. The van der Waals surface area contributed by atoms with Crippen molar-refractivity contribution in [2.75, 3.05) is 5.32 Å². The van der Waals surface area contributed by atoms with Crippen LogP contribution in [0.4, 0.5) is 5.69 Å². The summed E-state index contributed by atoms with van der Waals surface area (Å²) in [5.41, 5.74) is 1.17. The molecule has 98 valence electrons. The Morgan fingerprint density at radius 2 is 1.84 bits per heavy atom. The van der Waals surface area contributed by atoms with Gasteiger partial charge >= 0.3 is 0 Å². The van der Waals surface area contributed by atoms with Gasteiger partial charge in [-0.2, -0.15) is 0 Å². The predicted octanol–water partition coefficient (Wildman–Crippen LogP) is 3.31. The highest BCUT2D eigenvalue weighted by Gasteiger charge is 2.13. The molecule has 0 atom stereocenters. The quantitative estimate of drug-likeness (QED) is 0.738. The number of hydrogen-bond donors (Lipinski definition) is 3. The van der Waals surface area contributed by atoms with Crippen LogP contribution in [-0.4, -0.2) is 16.1 Å².